The molecule has 0 saturated carbocycles. The lowest BCUT2D eigenvalue weighted by molar-refractivity contribution is 0.576. The zero-order valence-electron chi connectivity index (χ0n) is 9.84. The van der Waals surface area contributed by atoms with Crippen LogP contribution in [-0.4, -0.2) is 0 Å². The second-order valence-corrected chi connectivity index (χ2v) is 6.02. The van der Waals surface area contributed by atoms with Crippen molar-refractivity contribution in [1.82, 2.24) is 0 Å². The Bertz CT molecular complexity index is 582. The van der Waals surface area contributed by atoms with Crippen molar-refractivity contribution in [2.24, 2.45) is 5.73 Å². The molecule has 2 aromatic rings. The molecule has 0 amide bonds. The van der Waals surface area contributed by atoms with Gasteiger partial charge >= 0.3 is 0 Å². The summed E-state index contributed by atoms with van der Waals surface area (Å²) in [6, 6.07) is 8.78. The topological polar surface area (TPSA) is 26.0 Å². The molecule has 0 radical (unpaired) electrons. The molecular formula is C14H11Br2F2N. The molecule has 2 aromatic carbocycles. The van der Waals surface area contributed by atoms with E-state index in [1.165, 1.54) is 12.1 Å². The minimum absolute atomic E-state index is 0.340. The molecule has 0 fully saturated rings. The van der Waals surface area contributed by atoms with Gasteiger partial charge in [-0.15, -0.1) is 0 Å². The van der Waals surface area contributed by atoms with Crippen LogP contribution in [0.1, 0.15) is 17.2 Å². The summed E-state index contributed by atoms with van der Waals surface area (Å²) in [5, 5.41) is 0. The number of hydrogen-bond donors (Lipinski definition) is 1. The van der Waals surface area contributed by atoms with Crippen molar-refractivity contribution in [2.75, 3.05) is 0 Å². The summed E-state index contributed by atoms with van der Waals surface area (Å²) in [5.41, 5.74) is 7.53. The molecule has 2 N–H and O–H groups in total. The van der Waals surface area contributed by atoms with E-state index in [4.69, 9.17) is 5.73 Å². The van der Waals surface area contributed by atoms with Gasteiger partial charge in [-0.2, -0.15) is 0 Å². The van der Waals surface area contributed by atoms with Crippen LogP contribution in [0.3, 0.4) is 0 Å². The van der Waals surface area contributed by atoms with Gasteiger partial charge in [-0.05, 0) is 47.9 Å². The van der Waals surface area contributed by atoms with Crippen molar-refractivity contribution >= 4 is 31.9 Å². The van der Waals surface area contributed by atoms with Gasteiger partial charge in [0.1, 0.15) is 11.6 Å². The average Bonchev–Trinajstić information content (AvgIpc) is 2.30. The van der Waals surface area contributed by atoms with Gasteiger partial charge in [0.15, 0.2) is 0 Å². The van der Waals surface area contributed by atoms with Crippen LogP contribution in [0.4, 0.5) is 8.78 Å². The molecule has 5 heteroatoms. The predicted molar refractivity (Wildman–Crippen MR) is 78.8 cm³/mol. The van der Waals surface area contributed by atoms with E-state index >= 15 is 0 Å². The van der Waals surface area contributed by atoms with Crippen molar-refractivity contribution in [3.63, 3.8) is 0 Å². The van der Waals surface area contributed by atoms with E-state index in [0.717, 1.165) is 20.6 Å². The molecule has 2 rings (SSSR count). The van der Waals surface area contributed by atoms with Crippen molar-refractivity contribution in [1.29, 1.82) is 0 Å². The van der Waals surface area contributed by atoms with Gasteiger partial charge in [0, 0.05) is 21.1 Å². The lowest BCUT2D eigenvalue weighted by atomic mass is 9.99. The highest BCUT2D eigenvalue weighted by atomic mass is 79.9. The van der Waals surface area contributed by atoms with E-state index in [2.05, 4.69) is 31.9 Å². The van der Waals surface area contributed by atoms with Crippen LogP contribution in [0.2, 0.25) is 0 Å². The maximum Gasteiger partial charge on any atom is 0.126 e. The van der Waals surface area contributed by atoms with E-state index in [9.17, 15) is 8.78 Å². The van der Waals surface area contributed by atoms with Crippen LogP contribution < -0.4 is 5.73 Å². The van der Waals surface area contributed by atoms with Crippen LogP contribution in [0.25, 0.3) is 0 Å². The van der Waals surface area contributed by atoms with E-state index in [1.54, 1.807) is 0 Å². The van der Waals surface area contributed by atoms with E-state index in [0.29, 0.717) is 12.0 Å². The molecule has 0 aromatic heterocycles. The Hall–Kier alpha value is -0.780. The van der Waals surface area contributed by atoms with Gasteiger partial charge in [-0.3, -0.25) is 0 Å². The first-order valence-electron chi connectivity index (χ1n) is 5.61. The standard InChI is InChI=1S/C14H11Br2F2N/c15-9-1-2-13(16)12(6-9)14(19)5-8-3-10(17)7-11(18)4-8/h1-4,6-7,14H,5,19H2/t14-/m0/s1. The number of benzene rings is 2. The SMILES string of the molecule is N[C@@H](Cc1cc(F)cc(F)c1)c1cc(Br)ccc1Br. The minimum atomic E-state index is -0.587. The third-order valence-electron chi connectivity index (χ3n) is 2.74. The fourth-order valence-electron chi connectivity index (χ4n) is 1.89. The third kappa shape index (κ3) is 3.84. The second kappa shape index (κ2) is 6.11. The quantitative estimate of drug-likeness (QED) is 0.805. The van der Waals surface area contributed by atoms with Crippen LogP contribution in [0.5, 0.6) is 0 Å². The molecule has 0 saturated heterocycles. The summed E-state index contributed by atoms with van der Waals surface area (Å²) >= 11 is 6.80. The maximum atomic E-state index is 13.1. The number of halogens is 4. The molecule has 1 nitrogen and oxygen atoms in total. The van der Waals surface area contributed by atoms with Crippen molar-refractivity contribution in [2.45, 2.75) is 12.5 Å². The highest BCUT2D eigenvalue weighted by Gasteiger charge is 2.12. The molecule has 0 spiro atoms. The van der Waals surface area contributed by atoms with E-state index < -0.39 is 11.6 Å². The molecule has 0 unspecified atom stereocenters. The Morgan fingerprint density at radius 1 is 1.00 bits per heavy atom. The van der Waals surface area contributed by atoms with Crippen molar-refractivity contribution < 1.29 is 8.78 Å². The minimum Gasteiger partial charge on any atom is -0.324 e. The molecule has 100 valence electrons. The van der Waals surface area contributed by atoms with Gasteiger partial charge in [0.25, 0.3) is 0 Å². The molecule has 0 aliphatic heterocycles. The molecule has 0 aliphatic rings. The number of hydrogen-bond acceptors (Lipinski definition) is 1. The Balaban J connectivity index is 2.25. The Morgan fingerprint density at radius 2 is 1.63 bits per heavy atom. The molecule has 0 aliphatic carbocycles. The van der Waals surface area contributed by atoms with Crippen molar-refractivity contribution in [3.05, 3.63) is 68.1 Å². The van der Waals surface area contributed by atoms with E-state index in [1.807, 2.05) is 18.2 Å². The first-order valence-corrected chi connectivity index (χ1v) is 7.20. The zero-order chi connectivity index (χ0) is 14.0. The second-order valence-electron chi connectivity index (χ2n) is 4.25. The fraction of sp³-hybridized carbons (Fsp3) is 0.143. The summed E-state index contributed by atoms with van der Waals surface area (Å²) in [4.78, 5) is 0. The molecule has 0 heterocycles. The predicted octanol–water partition coefficient (Wildman–Crippen LogP) is 4.73. The van der Waals surface area contributed by atoms with E-state index in [-0.39, 0.29) is 6.04 Å². The fourth-order valence-corrected chi connectivity index (χ4v) is 2.81. The Morgan fingerprint density at radius 3 is 2.26 bits per heavy atom. The van der Waals surface area contributed by atoms with Crippen LogP contribution in [0.15, 0.2) is 45.3 Å². The van der Waals surface area contributed by atoms with Crippen molar-refractivity contribution in [3.8, 4) is 0 Å². The van der Waals surface area contributed by atoms with Gasteiger partial charge in [0.2, 0.25) is 0 Å². The number of nitrogens with two attached hydrogens (primary N) is 1. The summed E-state index contributed by atoms with van der Waals surface area (Å²) in [7, 11) is 0. The third-order valence-corrected chi connectivity index (χ3v) is 3.95. The van der Waals surface area contributed by atoms with Crippen LogP contribution >= 0.6 is 31.9 Å². The lowest BCUT2D eigenvalue weighted by Crippen LogP contribution is -2.14. The summed E-state index contributed by atoms with van der Waals surface area (Å²) in [6.07, 6.45) is 0.365. The highest BCUT2D eigenvalue weighted by Crippen LogP contribution is 2.28. The maximum absolute atomic E-state index is 13.1. The Kier molecular flexibility index (Phi) is 4.71. The van der Waals surface area contributed by atoms with Gasteiger partial charge < -0.3 is 5.73 Å². The summed E-state index contributed by atoms with van der Waals surface area (Å²) < 4.78 is 28.0. The molecular weight excluding hydrogens is 380 g/mol. The first-order chi connectivity index (χ1) is 8.95. The van der Waals surface area contributed by atoms with Gasteiger partial charge in [0.05, 0.1) is 0 Å². The number of rotatable bonds is 3. The molecule has 0 bridgehead atoms. The normalized spacial score (nSPS) is 12.5. The zero-order valence-corrected chi connectivity index (χ0v) is 13.0. The summed E-state index contributed by atoms with van der Waals surface area (Å²) in [5.74, 6) is -1.17. The largest absolute Gasteiger partial charge is 0.324 e. The van der Waals surface area contributed by atoms with Crippen LogP contribution in [-0.2, 0) is 6.42 Å². The Labute approximate surface area is 127 Å². The summed E-state index contributed by atoms with van der Waals surface area (Å²) in [6.45, 7) is 0. The van der Waals surface area contributed by atoms with Gasteiger partial charge in [-0.1, -0.05) is 31.9 Å². The smallest absolute Gasteiger partial charge is 0.126 e. The van der Waals surface area contributed by atoms with Gasteiger partial charge in [-0.25, -0.2) is 8.78 Å². The first kappa shape index (κ1) is 14.6. The lowest BCUT2D eigenvalue weighted by Gasteiger charge is -2.14. The molecule has 19 heavy (non-hydrogen) atoms. The molecule has 1 atom stereocenters. The monoisotopic (exact) mass is 389 g/mol. The van der Waals surface area contributed by atoms with Crippen LogP contribution in [0, 0.1) is 11.6 Å². The highest BCUT2D eigenvalue weighted by molar-refractivity contribution is 9.11. The average molecular weight is 391 g/mol.